The molecule has 7 heteroatoms. The fourth-order valence-electron chi connectivity index (χ4n) is 2.36. The summed E-state index contributed by atoms with van der Waals surface area (Å²) in [6.45, 7) is 9.65. The van der Waals surface area contributed by atoms with Gasteiger partial charge in [-0.3, -0.25) is 9.59 Å². The Morgan fingerprint density at radius 2 is 1.50 bits per heavy atom. The molecule has 0 aliphatic heterocycles. The highest BCUT2D eigenvalue weighted by Crippen LogP contribution is 2.25. The van der Waals surface area contributed by atoms with E-state index in [0.29, 0.717) is 4.99 Å². The molecule has 24 heavy (non-hydrogen) atoms. The Morgan fingerprint density at radius 3 is 1.92 bits per heavy atom. The van der Waals surface area contributed by atoms with Crippen molar-refractivity contribution >= 4 is 42.0 Å². The van der Waals surface area contributed by atoms with Gasteiger partial charge in [0.1, 0.15) is 0 Å². The van der Waals surface area contributed by atoms with Crippen LogP contribution in [0.2, 0.25) is 0 Å². The number of carbonyl (C=O) groups is 2. The highest BCUT2D eigenvalue weighted by molar-refractivity contribution is 7.82. The summed E-state index contributed by atoms with van der Waals surface area (Å²) >= 11 is 10.4. The standard InChI is InChI=1S/C17H32NO4S2/c1-5-9-11-18(24,12-10-6-2)16(23)14(17(20)22-8-4)13-15(19)21-7-3/h14,24H,5-13H2,1-4H3/q+1. The van der Waals surface area contributed by atoms with E-state index in [1.165, 1.54) is 0 Å². The van der Waals surface area contributed by atoms with Crippen LogP contribution in [0.3, 0.4) is 0 Å². The first-order valence-corrected chi connectivity index (χ1v) is 9.63. The quantitative estimate of drug-likeness (QED) is 0.243. The lowest BCUT2D eigenvalue weighted by atomic mass is 10.0. The largest absolute Gasteiger partial charge is 0.466 e. The van der Waals surface area contributed by atoms with Crippen LogP contribution in [0.5, 0.6) is 0 Å². The molecule has 0 amide bonds. The molecule has 140 valence electrons. The van der Waals surface area contributed by atoms with Crippen LogP contribution in [0.1, 0.15) is 59.8 Å². The molecule has 0 aromatic rings. The van der Waals surface area contributed by atoms with E-state index in [0.717, 1.165) is 38.8 Å². The predicted octanol–water partition coefficient (Wildman–Crippen LogP) is 3.71. The van der Waals surface area contributed by atoms with Crippen LogP contribution in [-0.2, 0) is 19.1 Å². The van der Waals surface area contributed by atoms with E-state index in [9.17, 15) is 9.59 Å². The molecule has 1 unspecified atom stereocenters. The lowest BCUT2D eigenvalue weighted by Crippen LogP contribution is -2.50. The van der Waals surface area contributed by atoms with Gasteiger partial charge in [-0.1, -0.05) is 26.7 Å². The zero-order valence-electron chi connectivity index (χ0n) is 15.4. The first-order valence-electron chi connectivity index (χ1n) is 8.82. The molecule has 5 nitrogen and oxygen atoms in total. The Kier molecular flexibility index (Phi) is 12.3. The molecule has 0 aromatic carbocycles. The number of hydrogen-bond acceptors (Lipinski definition) is 6. The Balaban J connectivity index is 5.37. The van der Waals surface area contributed by atoms with Crippen molar-refractivity contribution < 1.29 is 23.0 Å². The van der Waals surface area contributed by atoms with Gasteiger partial charge in [0.05, 0.1) is 45.5 Å². The molecule has 0 aromatic heterocycles. The van der Waals surface area contributed by atoms with E-state index in [-0.39, 0.29) is 23.5 Å². The SMILES string of the molecule is CCCC[N+](S)(CCCC)C(=S)C(CC(=O)OCC)C(=O)OCC. The summed E-state index contributed by atoms with van der Waals surface area (Å²) in [5, 5.41) is 0. The summed E-state index contributed by atoms with van der Waals surface area (Å²) in [6.07, 6.45) is 3.82. The van der Waals surface area contributed by atoms with E-state index in [4.69, 9.17) is 34.5 Å². The smallest absolute Gasteiger partial charge is 0.320 e. The topological polar surface area (TPSA) is 52.6 Å². The van der Waals surface area contributed by atoms with E-state index in [2.05, 4.69) is 13.8 Å². The second kappa shape index (κ2) is 12.7. The Hall–Kier alpha value is -0.660. The normalized spacial score (nSPS) is 12.5. The van der Waals surface area contributed by atoms with Gasteiger partial charge in [-0.05, 0) is 38.9 Å². The number of carbonyl (C=O) groups excluding carboxylic acids is 2. The van der Waals surface area contributed by atoms with E-state index in [1.807, 2.05) is 0 Å². The second-order valence-electron chi connectivity index (χ2n) is 5.73. The number of nitrogens with zero attached hydrogens (tertiary/aromatic N) is 1. The van der Waals surface area contributed by atoms with Crippen molar-refractivity contribution in [3.8, 4) is 0 Å². The molecule has 0 saturated heterocycles. The van der Waals surface area contributed by atoms with Crippen molar-refractivity contribution in [3.63, 3.8) is 0 Å². The van der Waals surface area contributed by atoms with Gasteiger partial charge in [-0.25, -0.2) is 3.89 Å². The van der Waals surface area contributed by atoms with Crippen molar-refractivity contribution in [2.75, 3.05) is 26.3 Å². The minimum atomic E-state index is -0.801. The summed E-state index contributed by atoms with van der Waals surface area (Å²) in [4.78, 5) is 24.7. The van der Waals surface area contributed by atoms with Crippen LogP contribution in [0.25, 0.3) is 0 Å². The number of unbranched alkanes of at least 4 members (excludes halogenated alkanes) is 2. The van der Waals surface area contributed by atoms with Crippen LogP contribution < -0.4 is 0 Å². The zero-order valence-corrected chi connectivity index (χ0v) is 17.1. The van der Waals surface area contributed by atoms with Gasteiger partial charge < -0.3 is 9.47 Å². The molecule has 0 aliphatic rings. The van der Waals surface area contributed by atoms with Gasteiger partial charge in [-0.2, -0.15) is 0 Å². The third-order valence-electron chi connectivity index (χ3n) is 3.72. The fraction of sp³-hybridized carbons (Fsp3) is 0.824. The first kappa shape index (κ1) is 23.3. The Bertz CT molecular complexity index is 407. The molecule has 0 saturated carbocycles. The van der Waals surface area contributed by atoms with E-state index >= 15 is 0 Å². The van der Waals surface area contributed by atoms with Crippen molar-refractivity contribution in [2.24, 2.45) is 5.92 Å². The number of ether oxygens (including phenoxy) is 2. The maximum atomic E-state index is 12.4. The average Bonchev–Trinajstić information content (AvgIpc) is 2.55. The highest BCUT2D eigenvalue weighted by atomic mass is 32.1. The summed E-state index contributed by atoms with van der Waals surface area (Å²) in [7, 11) is 0. The monoisotopic (exact) mass is 378 g/mol. The second-order valence-corrected chi connectivity index (χ2v) is 6.91. The maximum Gasteiger partial charge on any atom is 0.320 e. The zero-order chi connectivity index (χ0) is 18.6. The van der Waals surface area contributed by atoms with Crippen molar-refractivity contribution in [1.82, 2.24) is 0 Å². The predicted molar refractivity (Wildman–Crippen MR) is 103 cm³/mol. The van der Waals surface area contributed by atoms with Crippen molar-refractivity contribution in [3.05, 3.63) is 0 Å². The molecular weight excluding hydrogens is 346 g/mol. The van der Waals surface area contributed by atoms with Crippen LogP contribution >= 0.6 is 25.0 Å². The first-order chi connectivity index (χ1) is 11.4. The number of hydrogen-bond donors (Lipinski definition) is 1. The van der Waals surface area contributed by atoms with Gasteiger partial charge in [0, 0.05) is 0 Å². The molecule has 0 heterocycles. The van der Waals surface area contributed by atoms with Crippen molar-refractivity contribution in [1.29, 1.82) is 0 Å². The minimum Gasteiger partial charge on any atom is -0.466 e. The average molecular weight is 379 g/mol. The van der Waals surface area contributed by atoms with Gasteiger partial charge >= 0.3 is 11.9 Å². The summed E-state index contributed by atoms with van der Waals surface area (Å²) in [5.74, 6) is -1.71. The van der Waals surface area contributed by atoms with Crippen molar-refractivity contribution in [2.45, 2.75) is 59.8 Å². The highest BCUT2D eigenvalue weighted by Gasteiger charge is 2.41. The summed E-state index contributed by atoms with van der Waals surface area (Å²) in [5.41, 5.74) is 0. The third kappa shape index (κ3) is 7.94. The Morgan fingerprint density at radius 1 is 1.00 bits per heavy atom. The summed E-state index contributed by atoms with van der Waals surface area (Å²) in [6, 6.07) is 0. The van der Waals surface area contributed by atoms with Gasteiger partial charge in [0.2, 0.25) is 4.99 Å². The molecule has 0 bridgehead atoms. The lowest BCUT2D eigenvalue weighted by molar-refractivity contribution is -0.695. The molecule has 0 N–H and O–H groups in total. The molecule has 0 spiro atoms. The molecular formula is C17H32NO4S2+. The lowest BCUT2D eigenvalue weighted by Gasteiger charge is -2.34. The molecule has 0 fully saturated rings. The van der Waals surface area contributed by atoms with E-state index in [1.54, 1.807) is 13.8 Å². The van der Waals surface area contributed by atoms with Crippen LogP contribution in [0.15, 0.2) is 0 Å². The number of quaternary nitrogens is 1. The van der Waals surface area contributed by atoms with Gasteiger partial charge in [0.15, 0.2) is 5.92 Å². The third-order valence-corrected chi connectivity index (χ3v) is 5.10. The number of esters is 2. The van der Waals surface area contributed by atoms with Gasteiger partial charge in [0.25, 0.3) is 0 Å². The molecule has 0 rings (SSSR count). The number of rotatable bonds is 12. The minimum absolute atomic E-state index is 0.0929. The fourth-order valence-corrected chi connectivity index (χ4v) is 3.15. The van der Waals surface area contributed by atoms with E-state index < -0.39 is 17.9 Å². The summed E-state index contributed by atoms with van der Waals surface area (Å²) < 4.78 is 10.3. The van der Waals surface area contributed by atoms with Crippen LogP contribution in [0.4, 0.5) is 0 Å². The number of thiocarbonyl (C=S) groups is 1. The maximum absolute atomic E-state index is 12.4. The number of thiol groups is 1. The van der Waals surface area contributed by atoms with Crippen LogP contribution in [-0.4, -0.2) is 47.1 Å². The molecule has 0 radical (unpaired) electrons. The molecule has 0 aliphatic carbocycles. The van der Waals surface area contributed by atoms with Gasteiger partial charge in [-0.15, -0.1) is 0 Å². The molecule has 1 atom stereocenters. The van der Waals surface area contributed by atoms with Crippen LogP contribution in [0, 0.1) is 5.92 Å². The Labute approximate surface area is 157 Å².